The topological polar surface area (TPSA) is 105 Å². The average Bonchev–Trinajstić information content (AvgIpc) is 3.62. The van der Waals surface area contributed by atoms with Crippen LogP contribution in [0.15, 0.2) is 51.8 Å². The van der Waals surface area contributed by atoms with Crippen molar-refractivity contribution >= 4 is 26.9 Å². The minimum absolute atomic E-state index is 0.0381. The van der Waals surface area contributed by atoms with E-state index < -0.39 is 32.9 Å². The minimum Gasteiger partial charge on any atom is -0.455 e. The second-order valence-electron chi connectivity index (χ2n) is 10.2. The first-order valence-corrected chi connectivity index (χ1v) is 14.3. The fourth-order valence-electron chi connectivity index (χ4n) is 5.46. The number of aromatic amines is 1. The smallest absolute Gasteiger partial charge is 0.451 e. The lowest BCUT2D eigenvalue weighted by Crippen LogP contribution is -2.28. The molecule has 12 heteroatoms. The van der Waals surface area contributed by atoms with Crippen molar-refractivity contribution in [2.45, 2.75) is 50.3 Å². The van der Waals surface area contributed by atoms with Crippen LogP contribution >= 0.6 is 0 Å². The Hall–Kier alpha value is -3.77. The van der Waals surface area contributed by atoms with Crippen molar-refractivity contribution < 1.29 is 35.0 Å². The van der Waals surface area contributed by atoms with Gasteiger partial charge in [0.15, 0.2) is 4.90 Å². The highest BCUT2D eigenvalue weighted by Crippen LogP contribution is 2.40. The highest BCUT2D eigenvalue weighted by molar-refractivity contribution is 7.87. The molecule has 0 bridgehead atoms. The number of nitrogens with zero attached hydrogens (tertiary/aromatic N) is 1. The molecule has 2 aliphatic rings. The zero-order valence-electron chi connectivity index (χ0n) is 21.5. The van der Waals surface area contributed by atoms with Crippen LogP contribution in [0.3, 0.4) is 0 Å². The summed E-state index contributed by atoms with van der Waals surface area (Å²) >= 11 is 0. The molecule has 1 saturated heterocycles. The maximum absolute atomic E-state index is 13.4. The number of carbonyl (C=O) groups excluding carboxylic acids is 1. The van der Waals surface area contributed by atoms with E-state index in [1.165, 1.54) is 43.9 Å². The third-order valence-corrected chi connectivity index (χ3v) is 8.54. The van der Waals surface area contributed by atoms with Gasteiger partial charge < -0.3 is 18.9 Å². The van der Waals surface area contributed by atoms with Crippen LogP contribution in [0.1, 0.15) is 52.3 Å². The maximum Gasteiger partial charge on any atom is 0.451 e. The van der Waals surface area contributed by atoms with Crippen molar-refractivity contribution in [2.24, 2.45) is 0 Å². The highest BCUT2D eigenvalue weighted by Gasteiger charge is 2.43. The van der Waals surface area contributed by atoms with Crippen LogP contribution in [0.5, 0.6) is 5.75 Å². The summed E-state index contributed by atoms with van der Waals surface area (Å²) in [6, 6.07) is 11.7. The number of H-pyrrole nitrogens is 1. The number of aromatic nitrogens is 1. The molecule has 2 N–H and O–H groups in total. The predicted octanol–water partition coefficient (Wildman–Crippen LogP) is 5.75. The SMILES string of the molecule is Cc1cc(S(=O)(=O)Oc2ccc(-c3cc4cc(CN5CCCCC5)ccc4[nH]3)c3c2CNC3=O)c(C(F)(F)F)o1. The predicted molar refractivity (Wildman–Crippen MR) is 140 cm³/mol. The van der Waals surface area contributed by atoms with E-state index in [2.05, 4.69) is 31.8 Å². The van der Waals surface area contributed by atoms with Crippen molar-refractivity contribution in [3.8, 4) is 17.0 Å². The molecule has 2 aromatic heterocycles. The largest absolute Gasteiger partial charge is 0.455 e. The number of halogens is 3. The van der Waals surface area contributed by atoms with Crippen LogP contribution in [0.2, 0.25) is 0 Å². The van der Waals surface area contributed by atoms with Crippen LogP contribution in [-0.4, -0.2) is 37.3 Å². The quantitative estimate of drug-likeness (QED) is 0.285. The zero-order chi connectivity index (χ0) is 28.2. The molecule has 0 aliphatic carbocycles. The van der Waals surface area contributed by atoms with E-state index in [1.807, 2.05) is 12.1 Å². The number of carbonyl (C=O) groups is 1. The number of hydrogen-bond donors (Lipinski definition) is 2. The second-order valence-corrected chi connectivity index (χ2v) is 11.7. The van der Waals surface area contributed by atoms with Crippen LogP contribution in [0, 0.1) is 6.92 Å². The van der Waals surface area contributed by atoms with Crippen molar-refractivity contribution in [2.75, 3.05) is 13.1 Å². The molecule has 0 atom stereocenters. The summed E-state index contributed by atoms with van der Waals surface area (Å²) in [7, 11) is -4.93. The Morgan fingerprint density at radius 1 is 1.05 bits per heavy atom. The molecule has 2 aromatic carbocycles. The van der Waals surface area contributed by atoms with Crippen molar-refractivity contribution in [3.63, 3.8) is 0 Å². The average molecular weight is 574 g/mol. The number of piperidine rings is 1. The minimum atomic E-state index is -5.04. The Labute approximate surface area is 228 Å². The number of benzene rings is 2. The van der Waals surface area contributed by atoms with Gasteiger partial charge in [-0.15, -0.1) is 0 Å². The summed E-state index contributed by atoms with van der Waals surface area (Å²) in [6.45, 7) is 4.20. The zero-order valence-corrected chi connectivity index (χ0v) is 22.3. The molecular weight excluding hydrogens is 547 g/mol. The van der Waals surface area contributed by atoms with Crippen LogP contribution < -0.4 is 9.50 Å². The number of aryl methyl sites for hydroxylation is 1. The Morgan fingerprint density at radius 2 is 1.82 bits per heavy atom. The molecule has 210 valence electrons. The van der Waals surface area contributed by atoms with Gasteiger partial charge in [0, 0.05) is 46.9 Å². The van der Waals surface area contributed by atoms with Gasteiger partial charge in [0.25, 0.3) is 5.91 Å². The molecule has 0 saturated carbocycles. The molecule has 0 spiro atoms. The lowest BCUT2D eigenvalue weighted by atomic mass is 9.99. The van der Waals surface area contributed by atoms with Gasteiger partial charge >= 0.3 is 16.3 Å². The number of nitrogens with one attached hydrogen (secondary N) is 2. The van der Waals surface area contributed by atoms with E-state index in [-0.39, 0.29) is 29.2 Å². The van der Waals surface area contributed by atoms with Gasteiger partial charge in [0.05, 0.1) is 5.56 Å². The number of fused-ring (bicyclic) bond motifs is 2. The summed E-state index contributed by atoms with van der Waals surface area (Å²) in [4.78, 5) is 17.5. The molecular formula is C28H26F3N3O5S. The third kappa shape index (κ3) is 4.86. The van der Waals surface area contributed by atoms with E-state index in [1.54, 1.807) is 0 Å². The molecule has 4 aromatic rings. The Kier molecular flexibility index (Phi) is 6.42. The first-order chi connectivity index (χ1) is 19.0. The van der Waals surface area contributed by atoms with E-state index in [4.69, 9.17) is 4.18 Å². The van der Waals surface area contributed by atoms with Crippen LogP contribution in [0.25, 0.3) is 22.2 Å². The lowest BCUT2D eigenvalue weighted by Gasteiger charge is -2.26. The maximum atomic E-state index is 13.4. The molecule has 2 aliphatic heterocycles. The first kappa shape index (κ1) is 26.5. The number of amides is 1. The molecule has 8 nitrogen and oxygen atoms in total. The molecule has 6 rings (SSSR count). The monoisotopic (exact) mass is 573 g/mol. The number of alkyl halides is 3. The molecule has 40 heavy (non-hydrogen) atoms. The highest BCUT2D eigenvalue weighted by atomic mass is 32.2. The normalized spacial score (nSPS) is 16.4. The van der Waals surface area contributed by atoms with E-state index in [0.717, 1.165) is 36.6 Å². The first-order valence-electron chi connectivity index (χ1n) is 12.9. The number of hydrogen-bond acceptors (Lipinski definition) is 6. The number of likely N-dealkylation sites (tertiary alicyclic amines) is 1. The molecule has 4 heterocycles. The number of rotatable bonds is 6. The van der Waals surface area contributed by atoms with E-state index in [9.17, 15) is 26.4 Å². The molecule has 1 fully saturated rings. The summed E-state index contributed by atoms with van der Waals surface area (Å²) in [6.07, 6.45) is -1.36. The molecule has 0 unspecified atom stereocenters. The third-order valence-electron chi connectivity index (χ3n) is 7.30. The van der Waals surface area contributed by atoms with Crippen LogP contribution in [0.4, 0.5) is 13.2 Å². The van der Waals surface area contributed by atoms with Gasteiger partial charge in [-0.25, -0.2) is 0 Å². The van der Waals surface area contributed by atoms with Crippen LogP contribution in [-0.2, 0) is 29.4 Å². The Morgan fingerprint density at radius 3 is 2.58 bits per heavy atom. The Balaban J connectivity index is 1.34. The lowest BCUT2D eigenvalue weighted by molar-refractivity contribution is -0.156. The van der Waals surface area contributed by atoms with Gasteiger partial charge in [-0.2, -0.15) is 21.6 Å². The molecule has 1 amide bonds. The summed E-state index contributed by atoms with van der Waals surface area (Å²) in [5.74, 6) is -2.56. The van der Waals surface area contributed by atoms with Gasteiger partial charge in [-0.1, -0.05) is 12.5 Å². The fourth-order valence-corrected chi connectivity index (χ4v) is 6.64. The standard InChI is InChI=1S/C28H26F3N3O5S/c1-16-11-24(26(38-16)28(29,30)31)40(36,37)39-23-8-6-19(25-20(23)14-32-27(25)35)22-13-18-12-17(5-7-21(18)33-22)15-34-9-3-2-4-10-34/h5-8,11-13,33H,2-4,9-10,14-15H2,1H3,(H,32,35). The van der Waals surface area contributed by atoms with E-state index >= 15 is 0 Å². The molecule has 0 radical (unpaired) electrons. The van der Waals surface area contributed by atoms with Gasteiger partial charge in [0.2, 0.25) is 5.76 Å². The van der Waals surface area contributed by atoms with Gasteiger partial charge in [-0.3, -0.25) is 9.69 Å². The van der Waals surface area contributed by atoms with E-state index in [0.29, 0.717) is 11.3 Å². The number of furan rings is 1. The Bertz CT molecular complexity index is 1730. The van der Waals surface area contributed by atoms with Gasteiger partial charge in [-0.05, 0) is 68.8 Å². The summed E-state index contributed by atoms with van der Waals surface area (Å²) < 4.78 is 75.8. The second kappa shape index (κ2) is 9.70. The van der Waals surface area contributed by atoms with Crippen molar-refractivity contribution in [1.82, 2.24) is 15.2 Å². The fraction of sp³-hybridized carbons (Fsp3) is 0.321. The summed E-state index contributed by atoms with van der Waals surface area (Å²) in [5.41, 5.74) is 3.68. The van der Waals surface area contributed by atoms with Crippen molar-refractivity contribution in [1.29, 1.82) is 0 Å². The summed E-state index contributed by atoms with van der Waals surface area (Å²) in [5, 5.41) is 3.62. The van der Waals surface area contributed by atoms with Gasteiger partial charge in [0.1, 0.15) is 11.5 Å². The van der Waals surface area contributed by atoms with Crippen molar-refractivity contribution in [3.05, 3.63) is 70.7 Å².